The Labute approximate surface area is 305 Å². The second kappa shape index (κ2) is 13.7. The first-order valence-electron chi connectivity index (χ1n) is 18.5. The molecule has 0 amide bonds. The zero-order valence-corrected chi connectivity index (χ0v) is 31.5. The average molecular weight is 679 g/mol. The van der Waals surface area contributed by atoms with Crippen LogP contribution in [0.5, 0.6) is 0 Å². The van der Waals surface area contributed by atoms with Gasteiger partial charge in [-0.1, -0.05) is 170 Å². The van der Waals surface area contributed by atoms with Gasteiger partial charge in [0.05, 0.1) is 0 Å². The molecule has 7 aromatic rings. The Kier molecular flexibility index (Phi) is 9.00. The van der Waals surface area contributed by atoms with Crippen LogP contribution in [0.2, 0.25) is 0 Å². The topological polar surface area (TPSA) is 0 Å². The van der Waals surface area contributed by atoms with Gasteiger partial charge in [0.15, 0.2) is 0 Å². The molecular formula is C50H47P. The minimum absolute atomic E-state index is 0.261. The lowest BCUT2D eigenvalue weighted by molar-refractivity contribution is 0.477. The summed E-state index contributed by atoms with van der Waals surface area (Å²) >= 11 is 0. The molecule has 0 heterocycles. The van der Waals surface area contributed by atoms with E-state index < -0.39 is 0 Å². The molecule has 0 spiro atoms. The summed E-state index contributed by atoms with van der Waals surface area (Å²) in [6.07, 6.45) is 10.6. The predicted molar refractivity (Wildman–Crippen MR) is 228 cm³/mol. The summed E-state index contributed by atoms with van der Waals surface area (Å²) in [5, 5.41) is 9.23. The van der Waals surface area contributed by atoms with E-state index in [4.69, 9.17) is 0 Å². The summed E-state index contributed by atoms with van der Waals surface area (Å²) in [5.41, 5.74) is 10.7. The summed E-state index contributed by atoms with van der Waals surface area (Å²) in [7, 11) is -0.261. The van der Waals surface area contributed by atoms with Crippen molar-refractivity contribution in [3.8, 4) is 22.3 Å². The van der Waals surface area contributed by atoms with E-state index in [-0.39, 0.29) is 7.92 Å². The van der Waals surface area contributed by atoms with Gasteiger partial charge in [0, 0.05) is 0 Å². The quantitative estimate of drug-likeness (QED) is 0.116. The third kappa shape index (κ3) is 6.83. The molecule has 0 nitrogen and oxygen atoms in total. The molecular weight excluding hydrogens is 632 g/mol. The maximum atomic E-state index is 2.51. The number of benzene rings is 7. The van der Waals surface area contributed by atoms with E-state index in [0.29, 0.717) is 11.3 Å². The molecule has 0 radical (unpaired) electrons. The molecule has 1 aliphatic carbocycles. The Morgan fingerprint density at radius 1 is 0.588 bits per heavy atom. The number of hydrogen-bond donors (Lipinski definition) is 0. The van der Waals surface area contributed by atoms with E-state index >= 15 is 0 Å². The van der Waals surface area contributed by atoms with Crippen LogP contribution >= 0.6 is 7.92 Å². The van der Waals surface area contributed by atoms with Crippen molar-refractivity contribution < 1.29 is 0 Å². The Morgan fingerprint density at radius 2 is 1.27 bits per heavy atom. The van der Waals surface area contributed by atoms with Crippen LogP contribution < -0.4 is 5.30 Å². The van der Waals surface area contributed by atoms with Crippen molar-refractivity contribution in [3.63, 3.8) is 0 Å². The second-order valence-electron chi connectivity index (χ2n) is 15.9. The van der Waals surface area contributed by atoms with Crippen molar-refractivity contribution in [2.45, 2.75) is 41.0 Å². The van der Waals surface area contributed by atoms with Gasteiger partial charge in [0.1, 0.15) is 0 Å². The highest BCUT2D eigenvalue weighted by molar-refractivity contribution is 7.65. The number of allylic oxidation sites excluding steroid dienone is 3. The fourth-order valence-corrected chi connectivity index (χ4v) is 11.2. The third-order valence-corrected chi connectivity index (χ3v) is 13.7. The standard InChI is InChI=1S/C50H47P/c1-34(2)32-51(33-50(3,4)5)43-21-13-19-39(30-43)40-26-27-46-47(31-40)49(41-20-12-18-35-14-6-8-16-37(35)28-41)45-23-11-10-22-44(45)48(46)42-25-24-36-15-7-9-17-38(36)29-42/h6-17,19-31,34H,18,32-33H2,1-5H3. The Morgan fingerprint density at radius 3 is 2.08 bits per heavy atom. The molecule has 0 aliphatic heterocycles. The molecule has 51 heavy (non-hydrogen) atoms. The minimum Gasteiger partial charge on any atom is -0.0795 e. The fourth-order valence-electron chi connectivity index (χ4n) is 8.03. The SMILES string of the molecule is CC(C)CP(CC(C)(C)C)c1cccc(-c2ccc3c(-c4ccc5ccccc5c4)c4ccccc4c(C4=Cc5ccccc5CC=C4)c3c2)c1. The van der Waals surface area contributed by atoms with Crippen LogP contribution in [0.3, 0.4) is 0 Å². The van der Waals surface area contributed by atoms with Crippen LogP contribution in [0, 0.1) is 11.3 Å². The molecule has 0 aromatic heterocycles. The molecule has 0 saturated heterocycles. The minimum atomic E-state index is -0.261. The first-order chi connectivity index (χ1) is 24.7. The predicted octanol–water partition coefficient (Wildman–Crippen LogP) is 13.9. The van der Waals surface area contributed by atoms with E-state index in [0.717, 1.165) is 6.42 Å². The van der Waals surface area contributed by atoms with Gasteiger partial charge in [0.25, 0.3) is 0 Å². The summed E-state index contributed by atoms with van der Waals surface area (Å²) in [6, 6.07) is 50.3. The molecule has 8 rings (SSSR count). The third-order valence-electron chi connectivity index (χ3n) is 10.1. The van der Waals surface area contributed by atoms with Crippen LogP contribution in [-0.2, 0) is 6.42 Å². The fraction of sp³-hybridized carbons (Fsp3) is 0.200. The molecule has 0 saturated carbocycles. The molecule has 0 fully saturated rings. The van der Waals surface area contributed by atoms with E-state index in [1.807, 2.05) is 0 Å². The van der Waals surface area contributed by atoms with Crippen molar-refractivity contribution in [2.24, 2.45) is 11.3 Å². The molecule has 1 atom stereocenters. The average Bonchev–Trinajstić information content (AvgIpc) is 3.35. The second-order valence-corrected chi connectivity index (χ2v) is 18.2. The van der Waals surface area contributed by atoms with Crippen LogP contribution in [0.4, 0.5) is 0 Å². The first kappa shape index (κ1) is 33.4. The Bertz CT molecular complexity index is 2470. The smallest absolute Gasteiger partial charge is 0.00260 e. The van der Waals surface area contributed by atoms with Gasteiger partial charge in [-0.05, 0) is 136 Å². The van der Waals surface area contributed by atoms with E-state index in [9.17, 15) is 0 Å². The van der Waals surface area contributed by atoms with Crippen LogP contribution in [0.15, 0.2) is 146 Å². The van der Waals surface area contributed by atoms with E-state index in [2.05, 4.69) is 186 Å². The zero-order chi connectivity index (χ0) is 35.1. The maximum Gasteiger partial charge on any atom is -0.00260 e. The van der Waals surface area contributed by atoms with Gasteiger partial charge in [-0.3, -0.25) is 0 Å². The van der Waals surface area contributed by atoms with Crippen molar-refractivity contribution in [2.75, 3.05) is 12.3 Å². The molecule has 7 aromatic carbocycles. The lowest BCUT2D eigenvalue weighted by atomic mass is 9.84. The van der Waals surface area contributed by atoms with Crippen molar-refractivity contribution in [1.82, 2.24) is 0 Å². The Balaban J connectivity index is 1.39. The van der Waals surface area contributed by atoms with Crippen LogP contribution in [0.1, 0.15) is 51.3 Å². The van der Waals surface area contributed by atoms with Crippen LogP contribution in [-0.4, -0.2) is 12.3 Å². The number of rotatable bonds is 7. The molecule has 0 bridgehead atoms. The van der Waals surface area contributed by atoms with E-state index in [1.54, 1.807) is 0 Å². The van der Waals surface area contributed by atoms with E-state index in [1.165, 1.54) is 94.5 Å². The van der Waals surface area contributed by atoms with Gasteiger partial charge in [-0.2, -0.15) is 0 Å². The molecule has 1 heteroatoms. The van der Waals surface area contributed by atoms with Gasteiger partial charge in [-0.15, -0.1) is 0 Å². The van der Waals surface area contributed by atoms with Gasteiger partial charge in [-0.25, -0.2) is 0 Å². The largest absolute Gasteiger partial charge is 0.0795 e. The molecule has 252 valence electrons. The lowest BCUT2D eigenvalue weighted by Crippen LogP contribution is -2.18. The summed E-state index contributed by atoms with van der Waals surface area (Å²) < 4.78 is 0. The highest BCUT2D eigenvalue weighted by atomic mass is 31.1. The first-order valence-corrected chi connectivity index (χ1v) is 20.2. The molecule has 1 aliphatic rings. The highest BCUT2D eigenvalue weighted by Gasteiger charge is 2.22. The van der Waals surface area contributed by atoms with Gasteiger partial charge in [0.2, 0.25) is 0 Å². The monoisotopic (exact) mass is 678 g/mol. The normalized spacial score (nSPS) is 13.8. The zero-order valence-electron chi connectivity index (χ0n) is 30.6. The van der Waals surface area contributed by atoms with Crippen molar-refractivity contribution in [3.05, 3.63) is 162 Å². The van der Waals surface area contributed by atoms with Gasteiger partial charge >= 0.3 is 0 Å². The number of hydrogen-bond acceptors (Lipinski definition) is 0. The van der Waals surface area contributed by atoms with Crippen molar-refractivity contribution in [1.29, 1.82) is 0 Å². The maximum absolute atomic E-state index is 2.51. The summed E-state index contributed by atoms with van der Waals surface area (Å²) in [5.74, 6) is 0.679. The van der Waals surface area contributed by atoms with Gasteiger partial charge < -0.3 is 0 Å². The van der Waals surface area contributed by atoms with Crippen molar-refractivity contribution >= 4 is 57.2 Å². The summed E-state index contributed by atoms with van der Waals surface area (Å²) in [6.45, 7) is 11.9. The lowest BCUT2D eigenvalue weighted by Gasteiger charge is -2.28. The number of fused-ring (bicyclic) bond motifs is 4. The van der Waals surface area contributed by atoms with Crippen LogP contribution in [0.25, 0.3) is 66.2 Å². The molecule has 0 N–H and O–H groups in total. The Hall–Kier alpha value is -4.77. The molecule has 1 unspecified atom stereocenters. The summed E-state index contributed by atoms with van der Waals surface area (Å²) in [4.78, 5) is 0. The highest BCUT2D eigenvalue weighted by Crippen LogP contribution is 2.46.